The minimum atomic E-state index is -0.564. The first-order valence-corrected chi connectivity index (χ1v) is 13.4. The van der Waals surface area contributed by atoms with E-state index in [1.54, 1.807) is 13.1 Å². The van der Waals surface area contributed by atoms with Crippen LogP contribution in [0.1, 0.15) is 6.92 Å². The number of rotatable bonds is 9. The molecule has 2 amide bonds. The van der Waals surface area contributed by atoms with Crippen molar-refractivity contribution in [2.24, 2.45) is 9.98 Å². The number of carbonyl (C=O) groups excluding carboxylic acids is 1. The lowest BCUT2D eigenvalue weighted by Gasteiger charge is -2.35. The van der Waals surface area contributed by atoms with Crippen LogP contribution < -0.4 is 30.7 Å². The molecule has 0 aliphatic carbocycles. The van der Waals surface area contributed by atoms with E-state index in [1.165, 1.54) is 32.2 Å². The monoisotopic (exact) mass is 590 g/mol. The number of benzene rings is 2. The second-order valence-corrected chi connectivity index (χ2v) is 9.62. The van der Waals surface area contributed by atoms with Gasteiger partial charge in [0.25, 0.3) is 0 Å². The van der Waals surface area contributed by atoms with Crippen molar-refractivity contribution in [3.8, 4) is 11.5 Å². The van der Waals surface area contributed by atoms with Gasteiger partial charge < -0.3 is 35.6 Å². The van der Waals surface area contributed by atoms with Gasteiger partial charge in [0.1, 0.15) is 33.2 Å². The highest BCUT2D eigenvalue weighted by Gasteiger charge is 2.22. The van der Waals surface area contributed by atoms with E-state index in [-0.39, 0.29) is 21.6 Å². The van der Waals surface area contributed by atoms with Gasteiger partial charge in [0, 0.05) is 58.1 Å². The summed E-state index contributed by atoms with van der Waals surface area (Å²) >= 11 is 12.8. The Morgan fingerprint density at radius 2 is 1.75 bits per heavy atom. The fourth-order valence-corrected chi connectivity index (χ4v) is 4.76. The first-order chi connectivity index (χ1) is 19.2. The maximum Gasteiger partial charge on any atom is 0.327 e. The van der Waals surface area contributed by atoms with Crippen molar-refractivity contribution in [2.75, 3.05) is 82.3 Å². The number of amidine groups is 1. The molecule has 11 nitrogen and oxygen atoms in total. The molecule has 1 fully saturated rings. The molecule has 0 saturated carbocycles. The van der Waals surface area contributed by atoms with Gasteiger partial charge in [-0.3, -0.25) is 9.89 Å². The number of likely N-dealkylation sites (N-methyl/N-ethyl adjacent to an activating group) is 2. The van der Waals surface area contributed by atoms with E-state index in [2.05, 4.69) is 44.1 Å². The number of methoxy groups -OCH3 is 2. The van der Waals surface area contributed by atoms with Gasteiger partial charge in [-0.2, -0.15) is 0 Å². The molecule has 1 saturated heterocycles. The average molecular weight is 592 g/mol. The SMILES string of the molecule is C=N/C(=C\C(=N/C)N(C)C(=O)Nc1c(Cl)c(OC)cc(OC)c1Cl)Nc1ccc(N2CCN(CC)CC2)cc1N. The molecule has 2 aromatic carbocycles. The molecule has 1 heterocycles. The van der Waals surface area contributed by atoms with E-state index in [9.17, 15) is 4.79 Å². The molecule has 40 heavy (non-hydrogen) atoms. The lowest BCUT2D eigenvalue weighted by molar-refractivity contribution is 0.239. The van der Waals surface area contributed by atoms with Crippen LogP contribution in [0.25, 0.3) is 0 Å². The average Bonchev–Trinajstić information content (AvgIpc) is 2.97. The third kappa shape index (κ3) is 7.09. The van der Waals surface area contributed by atoms with Gasteiger partial charge in [0.2, 0.25) is 0 Å². The summed E-state index contributed by atoms with van der Waals surface area (Å²) in [6.07, 6.45) is 1.57. The fraction of sp³-hybridized carbons (Fsp3) is 0.370. The van der Waals surface area contributed by atoms with E-state index in [1.807, 2.05) is 18.2 Å². The number of nitrogens with two attached hydrogens (primary N) is 1. The van der Waals surface area contributed by atoms with Crippen LogP contribution in [0.2, 0.25) is 10.0 Å². The number of ether oxygens (including phenoxy) is 2. The molecule has 1 aliphatic rings. The van der Waals surface area contributed by atoms with Crippen LogP contribution in [-0.4, -0.2) is 89.4 Å². The van der Waals surface area contributed by atoms with Crippen LogP contribution in [0, 0.1) is 0 Å². The van der Waals surface area contributed by atoms with Gasteiger partial charge in [-0.25, -0.2) is 9.79 Å². The molecular formula is C27H36Cl2N8O3. The van der Waals surface area contributed by atoms with Gasteiger partial charge in [0.15, 0.2) is 0 Å². The molecule has 0 radical (unpaired) electrons. The van der Waals surface area contributed by atoms with Gasteiger partial charge in [0.05, 0.1) is 31.3 Å². The lowest BCUT2D eigenvalue weighted by atomic mass is 10.2. The molecule has 3 rings (SSSR count). The topological polar surface area (TPSA) is 120 Å². The zero-order valence-electron chi connectivity index (χ0n) is 23.4. The zero-order valence-corrected chi connectivity index (χ0v) is 24.9. The van der Waals surface area contributed by atoms with Crippen molar-refractivity contribution in [3.63, 3.8) is 0 Å². The Morgan fingerprint density at radius 3 is 2.25 bits per heavy atom. The van der Waals surface area contributed by atoms with Crippen LogP contribution >= 0.6 is 23.2 Å². The third-order valence-electron chi connectivity index (χ3n) is 6.60. The second kappa shape index (κ2) is 14.1. The Bertz CT molecular complexity index is 1260. The Morgan fingerprint density at radius 1 is 1.12 bits per heavy atom. The zero-order chi connectivity index (χ0) is 29.4. The van der Waals surface area contributed by atoms with Crippen LogP contribution in [0.15, 0.2) is 46.1 Å². The quantitative estimate of drug-likeness (QED) is 0.216. The number of nitrogens with one attached hydrogen (secondary N) is 2. The summed E-state index contributed by atoms with van der Waals surface area (Å²) in [6.45, 7) is 10.8. The summed E-state index contributed by atoms with van der Waals surface area (Å²) in [5, 5.41) is 6.11. The maximum atomic E-state index is 13.1. The first kappa shape index (κ1) is 30.9. The number of urea groups is 1. The summed E-state index contributed by atoms with van der Waals surface area (Å²) in [5.74, 6) is 1.20. The highest BCUT2D eigenvalue weighted by Crippen LogP contribution is 2.44. The molecule has 216 valence electrons. The molecular weight excluding hydrogens is 555 g/mol. The summed E-state index contributed by atoms with van der Waals surface area (Å²) < 4.78 is 10.5. The number of amides is 2. The predicted octanol–water partition coefficient (Wildman–Crippen LogP) is 4.88. The van der Waals surface area contributed by atoms with E-state index >= 15 is 0 Å². The molecule has 1 aliphatic heterocycles. The number of carbonyl (C=O) groups is 1. The summed E-state index contributed by atoms with van der Waals surface area (Å²) in [5.41, 5.74) is 8.79. The number of anilines is 4. The highest BCUT2D eigenvalue weighted by molar-refractivity contribution is 6.41. The number of nitrogens with zero attached hydrogens (tertiary/aromatic N) is 5. The largest absolute Gasteiger partial charge is 0.495 e. The smallest absolute Gasteiger partial charge is 0.327 e. The Balaban J connectivity index is 1.76. The molecule has 4 N–H and O–H groups in total. The van der Waals surface area contributed by atoms with E-state index < -0.39 is 6.03 Å². The molecule has 0 unspecified atom stereocenters. The number of piperazine rings is 1. The predicted molar refractivity (Wildman–Crippen MR) is 166 cm³/mol. The molecule has 0 aromatic heterocycles. The molecule has 0 spiro atoms. The van der Waals surface area contributed by atoms with Crippen molar-refractivity contribution < 1.29 is 14.3 Å². The molecule has 0 bridgehead atoms. The number of aliphatic imine (C=N–C) groups is 2. The van der Waals surface area contributed by atoms with Crippen molar-refractivity contribution >= 4 is 64.5 Å². The Kier molecular flexibility index (Phi) is 10.9. The van der Waals surface area contributed by atoms with Gasteiger partial charge in [-0.15, -0.1) is 0 Å². The highest BCUT2D eigenvalue weighted by atomic mass is 35.5. The number of hydrogen-bond acceptors (Lipinski definition) is 9. The lowest BCUT2D eigenvalue weighted by Crippen LogP contribution is -2.46. The minimum Gasteiger partial charge on any atom is -0.495 e. The van der Waals surface area contributed by atoms with E-state index in [0.29, 0.717) is 28.7 Å². The summed E-state index contributed by atoms with van der Waals surface area (Å²) in [6, 6.07) is 6.82. The van der Waals surface area contributed by atoms with Crippen LogP contribution in [0.4, 0.5) is 27.5 Å². The van der Waals surface area contributed by atoms with Crippen LogP contribution in [0.3, 0.4) is 0 Å². The number of nitrogen functional groups attached to an aromatic ring is 1. The molecule has 2 aromatic rings. The standard InChI is InChI=1S/C27H36Cl2N8O3/c1-7-36-10-12-37(13-11-36)17-8-9-19(18(30)14-17)33-22(31-2)16-23(32-3)35(4)27(38)34-26-24(28)20(39-5)15-21(40-6)25(26)29/h8-9,14-16,33H,2,7,10-13,30H2,1,3-6H3,(H,34,38)/b22-16+,32-23+. The van der Waals surface area contributed by atoms with Gasteiger partial charge in [-0.05, 0) is 31.5 Å². The van der Waals surface area contributed by atoms with Crippen LogP contribution in [0.5, 0.6) is 11.5 Å². The Labute approximate surface area is 245 Å². The summed E-state index contributed by atoms with van der Waals surface area (Å²) in [4.78, 5) is 27.4. The fourth-order valence-electron chi connectivity index (χ4n) is 4.17. The van der Waals surface area contributed by atoms with Gasteiger partial charge in [-0.1, -0.05) is 30.1 Å². The van der Waals surface area contributed by atoms with Crippen LogP contribution in [-0.2, 0) is 0 Å². The minimum absolute atomic E-state index is 0.127. The van der Waals surface area contributed by atoms with E-state index in [4.69, 9.17) is 38.4 Å². The second-order valence-electron chi connectivity index (χ2n) is 8.86. The first-order valence-electron chi connectivity index (χ1n) is 12.6. The van der Waals surface area contributed by atoms with Gasteiger partial charge >= 0.3 is 6.03 Å². The summed E-state index contributed by atoms with van der Waals surface area (Å²) in [7, 11) is 5.98. The van der Waals surface area contributed by atoms with E-state index in [0.717, 1.165) is 38.4 Å². The maximum absolute atomic E-state index is 13.1. The normalized spacial score (nSPS) is 14.5. The van der Waals surface area contributed by atoms with Crippen molar-refractivity contribution in [1.29, 1.82) is 0 Å². The van der Waals surface area contributed by atoms with Crippen molar-refractivity contribution in [1.82, 2.24) is 9.80 Å². The molecule has 0 atom stereocenters. The Hall–Kier alpha value is -3.67. The van der Waals surface area contributed by atoms with Crippen molar-refractivity contribution in [2.45, 2.75) is 6.92 Å². The number of halogens is 2. The number of hydrogen-bond donors (Lipinski definition) is 3. The molecule has 13 heteroatoms. The third-order valence-corrected chi connectivity index (χ3v) is 7.35. The van der Waals surface area contributed by atoms with Crippen molar-refractivity contribution in [3.05, 3.63) is 46.2 Å².